The predicted octanol–water partition coefficient (Wildman–Crippen LogP) is 3.05. The molecule has 1 aliphatic carbocycles. The van der Waals surface area contributed by atoms with E-state index in [1.165, 1.54) is 50.4 Å². The highest BCUT2D eigenvalue weighted by Gasteiger charge is 2.20. The number of carbonyl (C=O) groups excluding carboxylic acids is 1. The number of allylic oxidation sites excluding steroid dienone is 1. The average Bonchev–Trinajstić information content (AvgIpc) is 2.94. The molecule has 0 aliphatic heterocycles. The molecule has 120 valence electrons. The minimum absolute atomic E-state index is 0.172. The van der Waals surface area contributed by atoms with Gasteiger partial charge in [-0.25, -0.2) is 0 Å². The van der Waals surface area contributed by atoms with Gasteiger partial charge >= 0.3 is 0 Å². The van der Waals surface area contributed by atoms with E-state index in [1.54, 1.807) is 10.7 Å². The first-order valence-corrected chi connectivity index (χ1v) is 8.08. The van der Waals surface area contributed by atoms with Crippen LogP contribution in [0.15, 0.2) is 35.4 Å². The van der Waals surface area contributed by atoms with Crippen molar-refractivity contribution in [1.29, 1.82) is 0 Å². The zero-order chi connectivity index (χ0) is 16.2. The lowest BCUT2D eigenvalue weighted by atomic mass is 9.85. The molecule has 1 fully saturated rings. The van der Waals surface area contributed by atoms with Crippen molar-refractivity contribution in [2.75, 3.05) is 0 Å². The Morgan fingerprint density at radius 2 is 2.13 bits per heavy atom. The van der Waals surface area contributed by atoms with Gasteiger partial charge in [-0.15, -0.1) is 0 Å². The van der Waals surface area contributed by atoms with E-state index in [0.29, 0.717) is 11.5 Å². The quantitative estimate of drug-likeness (QED) is 0.697. The molecule has 0 spiro atoms. The molecule has 1 N–H and O–H groups in total. The van der Waals surface area contributed by atoms with Gasteiger partial charge in [-0.3, -0.25) is 14.3 Å². The van der Waals surface area contributed by atoms with Crippen LogP contribution in [0.3, 0.4) is 0 Å². The van der Waals surface area contributed by atoms with Crippen molar-refractivity contribution in [3.8, 4) is 0 Å². The summed E-state index contributed by atoms with van der Waals surface area (Å²) < 4.78 is 1.81. The van der Waals surface area contributed by atoms with Crippen LogP contribution in [0.2, 0.25) is 0 Å². The fourth-order valence-corrected chi connectivity index (χ4v) is 3.21. The smallest absolute Gasteiger partial charge is 0.248 e. The lowest BCUT2D eigenvalue weighted by Crippen LogP contribution is -2.07. The topological polar surface area (TPSA) is 67.8 Å². The standard InChI is InChI=1S/C18H21N3O2/c1-21-12-15(18(20-21)13-5-3-2-4-6-13)7-8-16(22)14-9-10-19-17(23)11-14/h7-13H,2-6H2,1H3,(H,19,23)/b8-7+. The number of H-pyrrole nitrogens is 1. The lowest BCUT2D eigenvalue weighted by Gasteiger charge is -2.20. The van der Waals surface area contributed by atoms with E-state index in [2.05, 4.69) is 10.1 Å². The summed E-state index contributed by atoms with van der Waals surface area (Å²) in [6.07, 6.45) is 12.9. The summed E-state index contributed by atoms with van der Waals surface area (Å²) in [6.45, 7) is 0. The van der Waals surface area contributed by atoms with Crippen molar-refractivity contribution in [2.45, 2.75) is 38.0 Å². The third-order valence-electron chi connectivity index (χ3n) is 4.35. The van der Waals surface area contributed by atoms with Crippen LogP contribution in [-0.4, -0.2) is 20.5 Å². The molecule has 2 aromatic rings. The molecule has 0 unspecified atom stereocenters. The van der Waals surface area contributed by atoms with Gasteiger partial charge in [0, 0.05) is 42.6 Å². The van der Waals surface area contributed by atoms with Crippen molar-refractivity contribution >= 4 is 11.9 Å². The molecular formula is C18H21N3O2. The number of nitrogens with zero attached hydrogens (tertiary/aromatic N) is 2. The van der Waals surface area contributed by atoms with Crippen LogP contribution in [0, 0.1) is 0 Å². The highest BCUT2D eigenvalue weighted by atomic mass is 16.1. The Morgan fingerprint density at radius 3 is 2.87 bits per heavy atom. The summed E-state index contributed by atoms with van der Waals surface area (Å²) in [7, 11) is 1.90. The second kappa shape index (κ2) is 6.77. The van der Waals surface area contributed by atoms with Crippen molar-refractivity contribution in [3.63, 3.8) is 0 Å². The molecule has 23 heavy (non-hydrogen) atoms. The molecule has 3 rings (SSSR count). The van der Waals surface area contributed by atoms with E-state index in [-0.39, 0.29) is 11.3 Å². The maximum atomic E-state index is 12.2. The summed E-state index contributed by atoms with van der Waals surface area (Å²) in [6, 6.07) is 2.93. The van der Waals surface area contributed by atoms with Gasteiger partial charge in [-0.1, -0.05) is 19.3 Å². The Hall–Kier alpha value is -2.43. The highest BCUT2D eigenvalue weighted by molar-refractivity contribution is 6.06. The maximum Gasteiger partial charge on any atom is 0.248 e. The number of rotatable bonds is 4. The first-order valence-electron chi connectivity index (χ1n) is 8.08. The summed E-state index contributed by atoms with van der Waals surface area (Å²) in [5.41, 5.74) is 2.21. The highest BCUT2D eigenvalue weighted by Crippen LogP contribution is 2.33. The van der Waals surface area contributed by atoms with E-state index in [4.69, 9.17) is 0 Å². The molecular weight excluding hydrogens is 290 g/mol. The van der Waals surface area contributed by atoms with Gasteiger partial charge in [0.25, 0.3) is 0 Å². The zero-order valence-electron chi connectivity index (χ0n) is 13.3. The van der Waals surface area contributed by atoms with E-state index in [1.807, 2.05) is 19.3 Å². The third-order valence-corrected chi connectivity index (χ3v) is 4.35. The van der Waals surface area contributed by atoms with Gasteiger partial charge in [-0.2, -0.15) is 5.10 Å². The maximum absolute atomic E-state index is 12.2. The second-order valence-electron chi connectivity index (χ2n) is 6.12. The second-order valence-corrected chi connectivity index (χ2v) is 6.12. The Balaban J connectivity index is 1.82. The molecule has 0 bridgehead atoms. The number of aryl methyl sites for hydroxylation is 1. The molecule has 1 saturated carbocycles. The largest absolute Gasteiger partial charge is 0.329 e. The number of aromatic nitrogens is 3. The minimum Gasteiger partial charge on any atom is -0.329 e. The zero-order valence-corrected chi connectivity index (χ0v) is 13.3. The Morgan fingerprint density at radius 1 is 1.35 bits per heavy atom. The molecule has 0 aromatic carbocycles. The summed E-state index contributed by atoms with van der Waals surface area (Å²) in [5.74, 6) is 0.314. The third kappa shape index (κ3) is 3.67. The van der Waals surface area contributed by atoms with Crippen LogP contribution in [0.5, 0.6) is 0 Å². The molecule has 5 nitrogen and oxygen atoms in total. The average molecular weight is 311 g/mol. The number of nitrogens with one attached hydrogen (secondary N) is 1. The van der Waals surface area contributed by atoms with Gasteiger partial charge in [0.15, 0.2) is 5.78 Å². The normalized spacial score (nSPS) is 16.0. The fourth-order valence-electron chi connectivity index (χ4n) is 3.21. The van der Waals surface area contributed by atoms with Crippen LogP contribution in [0.25, 0.3) is 6.08 Å². The van der Waals surface area contributed by atoms with Gasteiger partial charge in [0.05, 0.1) is 5.69 Å². The van der Waals surface area contributed by atoms with Crippen LogP contribution in [0.1, 0.15) is 59.6 Å². The molecule has 0 saturated heterocycles. The number of aromatic amines is 1. The Labute approximate surface area is 135 Å². The van der Waals surface area contributed by atoms with Crippen molar-refractivity contribution < 1.29 is 4.79 Å². The molecule has 0 amide bonds. The summed E-state index contributed by atoms with van der Waals surface area (Å²) in [4.78, 5) is 26.0. The predicted molar refractivity (Wildman–Crippen MR) is 89.5 cm³/mol. The van der Waals surface area contributed by atoms with Crippen molar-refractivity contribution in [3.05, 3.63) is 57.8 Å². The monoisotopic (exact) mass is 311 g/mol. The van der Waals surface area contributed by atoms with Crippen LogP contribution >= 0.6 is 0 Å². The van der Waals surface area contributed by atoms with Crippen molar-refractivity contribution in [2.24, 2.45) is 7.05 Å². The molecule has 1 aliphatic rings. The summed E-state index contributed by atoms with van der Waals surface area (Å²) in [5, 5.41) is 4.60. The number of hydrogen-bond donors (Lipinski definition) is 1. The molecule has 2 heterocycles. The Bertz CT molecular complexity index is 780. The van der Waals surface area contributed by atoms with Gasteiger partial charge in [0.1, 0.15) is 0 Å². The summed E-state index contributed by atoms with van der Waals surface area (Å²) >= 11 is 0. The van der Waals surface area contributed by atoms with Crippen LogP contribution < -0.4 is 5.56 Å². The first-order chi connectivity index (χ1) is 11.1. The van der Waals surface area contributed by atoms with Crippen LogP contribution in [0.4, 0.5) is 0 Å². The van der Waals surface area contributed by atoms with E-state index in [9.17, 15) is 9.59 Å². The molecule has 0 atom stereocenters. The van der Waals surface area contributed by atoms with Gasteiger partial charge < -0.3 is 4.98 Å². The van der Waals surface area contributed by atoms with Gasteiger partial charge in [0.2, 0.25) is 5.56 Å². The van der Waals surface area contributed by atoms with Crippen LogP contribution in [-0.2, 0) is 7.05 Å². The van der Waals surface area contributed by atoms with Crippen molar-refractivity contribution in [1.82, 2.24) is 14.8 Å². The van der Waals surface area contributed by atoms with E-state index >= 15 is 0 Å². The van der Waals surface area contributed by atoms with E-state index in [0.717, 1.165) is 11.3 Å². The number of pyridine rings is 1. The first kappa shape index (κ1) is 15.5. The van der Waals surface area contributed by atoms with E-state index < -0.39 is 0 Å². The fraction of sp³-hybridized carbons (Fsp3) is 0.389. The number of carbonyl (C=O) groups is 1. The van der Waals surface area contributed by atoms with Gasteiger partial charge in [-0.05, 0) is 31.1 Å². The minimum atomic E-state index is -0.270. The number of hydrogen-bond acceptors (Lipinski definition) is 3. The molecule has 5 heteroatoms. The number of ketones is 1. The molecule has 2 aromatic heterocycles. The molecule has 0 radical (unpaired) electrons. The SMILES string of the molecule is Cn1cc(/C=C/C(=O)c2cc[nH]c(=O)c2)c(C2CCCCC2)n1. The lowest BCUT2D eigenvalue weighted by molar-refractivity contribution is 0.104. The Kier molecular flexibility index (Phi) is 4.55.